The number of carbonyl (C=O) groups is 1. The highest BCUT2D eigenvalue weighted by atomic mass is 32.1. The van der Waals surface area contributed by atoms with Gasteiger partial charge < -0.3 is 11.5 Å². The Bertz CT molecular complexity index is 281. The van der Waals surface area contributed by atoms with E-state index in [2.05, 4.69) is 4.37 Å². The maximum absolute atomic E-state index is 10.6. The van der Waals surface area contributed by atoms with Crippen molar-refractivity contribution in [1.29, 1.82) is 0 Å². The van der Waals surface area contributed by atoms with Crippen LogP contribution in [0.1, 0.15) is 22.3 Å². The molecule has 0 saturated heterocycles. The van der Waals surface area contributed by atoms with E-state index in [-0.39, 0.29) is 5.69 Å². The first-order chi connectivity index (χ1) is 5.16. The number of aryl methyl sites for hydroxylation is 1. The first-order valence-corrected chi connectivity index (χ1v) is 3.98. The van der Waals surface area contributed by atoms with Gasteiger partial charge in [-0.15, -0.1) is 0 Å². The summed E-state index contributed by atoms with van der Waals surface area (Å²) >= 11 is 1.23. The third-order valence-corrected chi connectivity index (χ3v) is 2.36. The molecule has 0 bridgehead atoms. The summed E-state index contributed by atoms with van der Waals surface area (Å²) in [6.45, 7) is 1.95. The molecule has 0 saturated carbocycles. The van der Waals surface area contributed by atoms with Crippen LogP contribution in [0.15, 0.2) is 0 Å². The number of nitrogen functional groups attached to an aromatic ring is 1. The molecule has 11 heavy (non-hydrogen) atoms. The molecule has 4 nitrogen and oxygen atoms in total. The Balaban J connectivity index is 3.10. The first kappa shape index (κ1) is 8.00. The molecule has 0 atom stereocenters. The topological polar surface area (TPSA) is 82.0 Å². The summed E-state index contributed by atoms with van der Waals surface area (Å²) in [6, 6.07) is 0. The summed E-state index contributed by atoms with van der Waals surface area (Å²) in [5.41, 5.74) is 11.2. The Morgan fingerprint density at radius 3 is 2.64 bits per heavy atom. The molecular formula is C6H9N3OS. The zero-order valence-corrected chi connectivity index (χ0v) is 6.94. The van der Waals surface area contributed by atoms with Crippen molar-refractivity contribution in [2.45, 2.75) is 13.3 Å². The number of aromatic nitrogens is 1. The summed E-state index contributed by atoms with van der Waals surface area (Å²) in [6.07, 6.45) is 0.788. The van der Waals surface area contributed by atoms with E-state index in [1.54, 1.807) is 0 Å². The Kier molecular flexibility index (Phi) is 2.09. The van der Waals surface area contributed by atoms with Gasteiger partial charge in [0.2, 0.25) is 0 Å². The van der Waals surface area contributed by atoms with Crippen LogP contribution in [-0.4, -0.2) is 10.3 Å². The number of primary amides is 1. The van der Waals surface area contributed by atoms with Gasteiger partial charge >= 0.3 is 0 Å². The maximum Gasteiger partial charge on any atom is 0.270 e. The van der Waals surface area contributed by atoms with Gasteiger partial charge in [0.05, 0.1) is 5.69 Å². The summed E-state index contributed by atoms with van der Waals surface area (Å²) < 4.78 is 3.83. The molecule has 60 valence electrons. The molecular weight excluding hydrogens is 162 g/mol. The molecule has 1 amide bonds. The average Bonchev–Trinajstić information content (AvgIpc) is 2.30. The highest BCUT2D eigenvalue weighted by Crippen LogP contribution is 2.21. The second-order valence-electron chi connectivity index (χ2n) is 2.09. The van der Waals surface area contributed by atoms with Crippen LogP contribution in [0.4, 0.5) is 5.69 Å². The molecule has 1 rings (SSSR count). The Hall–Kier alpha value is -1.10. The van der Waals surface area contributed by atoms with Gasteiger partial charge in [-0.05, 0) is 18.0 Å². The van der Waals surface area contributed by atoms with Crippen LogP contribution in [0.5, 0.6) is 0 Å². The Morgan fingerprint density at radius 1 is 1.73 bits per heavy atom. The van der Waals surface area contributed by atoms with Crippen molar-refractivity contribution in [3.05, 3.63) is 10.6 Å². The van der Waals surface area contributed by atoms with Crippen molar-refractivity contribution in [2.24, 2.45) is 5.73 Å². The quantitative estimate of drug-likeness (QED) is 0.675. The van der Waals surface area contributed by atoms with Crippen LogP contribution in [0.25, 0.3) is 0 Å². The fourth-order valence-electron chi connectivity index (χ4n) is 0.764. The number of nitrogens with two attached hydrogens (primary N) is 2. The van der Waals surface area contributed by atoms with Gasteiger partial charge in [-0.2, -0.15) is 4.37 Å². The SMILES string of the molecule is CCc1snc(C(N)=O)c1N. The molecule has 5 heteroatoms. The Labute approximate surface area is 68.4 Å². The number of hydrogen-bond donors (Lipinski definition) is 2. The predicted octanol–water partition coefficient (Wildman–Crippen LogP) is 0.387. The summed E-state index contributed by atoms with van der Waals surface area (Å²) in [4.78, 5) is 11.6. The molecule has 4 N–H and O–H groups in total. The lowest BCUT2D eigenvalue weighted by molar-refractivity contribution is 0.0997. The van der Waals surface area contributed by atoms with Gasteiger partial charge in [-0.25, -0.2) is 0 Å². The van der Waals surface area contributed by atoms with Gasteiger partial charge in [-0.3, -0.25) is 4.79 Å². The molecule has 0 aliphatic heterocycles. The molecule has 0 aliphatic carbocycles. The lowest BCUT2D eigenvalue weighted by Crippen LogP contribution is -2.13. The number of rotatable bonds is 2. The van der Waals surface area contributed by atoms with E-state index >= 15 is 0 Å². The molecule has 0 aliphatic rings. The zero-order chi connectivity index (χ0) is 8.43. The Morgan fingerprint density at radius 2 is 2.36 bits per heavy atom. The molecule has 0 radical (unpaired) electrons. The highest BCUT2D eigenvalue weighted by molar-refractivity contribution is 7.06. The fraction of sp³-hybridized carbons (Fsp3) is 0.333. The normalized spacial score (nSPS) is 9.91. The maximum atomic E-state index is 10.6. The van der Waals surface area contributed by atoms with Gasteiger partial charge in [0, 0.05) is 4.88 Å². The molecule has 1 aromatic heterocycles. The van der Waals surface area contributed by atoms with Gasteiger partial charge in [0.1, 0.15) is 0 Å². The van der Waals surface area contributed by atoms with Crippen molar-refractivity contribution in [1.82, 2.24) is 4.37 Å². The minimum atomic E-state index is -0.557. The number of hydrogen-bond acceptors (Lipinski definition) is 4. The van der Waals surface area contributed by atoms with E-state index in [4.69, 9.17) is 11.5 Å². The lowest BCUT2D eigenvalue weighted by Gasteiger charge is -1.92. The minimum absolute atomic E-state index is 0.201. The first-order valence-electron chi connectivity index (χ1n) is 3.20. The average molecular weight is 171 g/mol. The van der Waals surface area contributed by atoms with Crippen LogP contribution in [0.2, 0.25) is 0 Å². The minimum Gasteiger partial charge on any atom is -0.396 e. The van der Waals surface area contributed by atoms with Crippen molar-refractivity contribution in [2.75, 3.05) is 5.73 Å². The van der Waals surface area contributed by atoms with Crippen LogP contribution in [0.3, 0.4) is 0 Å². The molecule has 0 aromatic carbocycles. The standard InChI is InChI=1S/C6H9N3OS/c1-2-3-4(7)5(6(8)10)9-11-3/h2,7H2,1H3,(H2,8,10). The van der Waals surface area contributed by atoms with Gasteiger partial charge in [-0.1, -0.05) is 6.92 Å². The van der Waals surface area contributed by atoms with Crippen molar-refractivity contribution >= 4 is 23.1 Å². The van der Waals surface area contributed by atoms with E-state index in [0.717, 1.165) is 11.3 Å². The van der Waals surface area contributed by atoms with Gasteiger partial charge in [0.15, 0.2) is 5.69 Å². The van der Waals surface area contributed by atoms with Crippen LogP contribution in [-0.2, 0) is 6.42 Å². The second kappa shape index (κ2) is 2.87. The summed E-state index contributed by atoms with van der Waals surface area (Å²) in [5, 5.41) is 0. The number of anilines is 1. The molecule has 1 heterocycles. The van der Waals surface area contributed by atoms with E-state index in [0.29, 0.717) is 5.69 Å². The van der Waals surface area contributed by atoms with Crippen LogP contribution >= 0.6 is 11.5 Å². The molecule has 1 aromatic rings. The van der Waals surface area contributed by atoms with Gasteiger partial charge in [0.25, 0.3) is 5.91 Å². The van der Waals surface area contributed by atoms with Crippen LogP contribution in [0, 0.1) is 0 Å². The van der Waals surface area contributed by atoms with E-state index < -0.39 is 5.91 Å². The monoisotopic (exact) mass is 171 g/mol. The van der Waals surface area contributed by atoms with E-state index in [1.807, 2.05) is 6.92 Å². The predicted molar refractivity (Wildman–Crippen MR) is 44.4 cm³/mol. The third-order valence-electron chi connectivity index (χ3n) is 1.36. The number of amides is 1. The van der Waals surface area contributed by atoms with E-state index in [9.17, 15) is 4.79 Å². The largest absolute Gasteiger partial charge is 0.396 e. The second-order valence-corrected chi connectivity index (χ2v) is 2.94. The molecule has 0 fully saturated rings. The van der Waals surface area contributed by atoms with Crippen LogP contribution < -0.4 is 11.5 Å². The van der Waals surface area contributed by atoms with E-state index in [1.165, 1.54) is 11.5 Å². The fourth-order valence-corrected chi connectivity index (χ4v) is 1.48. The molecule has 0 spiro atoms. The highest BCUT2D eigenvalue weighted by Gasteiger charge is 2.12. The van der Waals surface area contributed by atoms with Crippen molar-refractivity contribution < 1.29 is 4.79 Å². The van der Waals surface area contributed by atoms with Crippen molar-refractivity contribution in [3.8, 4) is 0 Å². The zero-order valence-electron chi connectivity index (χ0n) is 6.13. The van der Waals surface area contributed by atoms with Crippen molar-refractivity contribution in [3.63, 3.8) is 0 Å². The summed E-state index contributed by atoms with van der Waals surface area (Å²) in [5.74, 6) is -0.557. The third kappa shape index (κ3) is 1.32. The number of carbonyl (C=O) groups excluding carboxylic acids is 1. The number of nitrogens with zero attached hydrogens (tertiary/aromatic N) is 1. The summed E-state index contributed by atoms with van der Waals surface area (Å²) in [7, 11) is 0. The molecule has 0 unspecified atom stereocenters. The smallest absolute Gasteiger partial charge is 0.270 e. The lowest BCUT2D eigenvalue weighted by atomic mass is 10.2.